The number of aromatic nitrogens is 1. The third kappa shape index (κ3) is 2.94. The third-order valence-corrected chi connectivity index (χ3v) is 5.55. The first kappa shape index (κ1) is 15.3. The van der Waals surface area contributed by atoms with Crippen molar-refractivity contribution in [1.29, 1.82) is 0 Å². The molecule has 0 aliphatic heterocycles. The van der Waals surface area contributed by atoms with E-state index < -0.39 is 0 Å². The van der Waals surface area contributed by atoms with Crippen molar-refractivity contribution in [2.45, 2.75) is 27.2 Å². The van der Waals surface area contributed by atoms with Gasteiger partial charge >= 0.3 is 0 Å². The molecule has 1 heterocycles. The maximum Gasteiger partial charge on any atom is 0.229 e. The minimum atomic E-state index is 0.107. The van der Waals surface area contributed by atoms with Gasteiger partial charge in [-0.05, 0) is 49.4 Å². The lowest BCUT2D eigenvalue weighted by atomic mass is 10.0. The number of amides is 1. The first-order valence-corrected chi connectivity index (χ1v) is 9.11. The number of aryl methyl sites for hydroxylation is 2. The van der Waals surface area contributed by atoms with Gasteiger partial charge in [-0.3, -0.25) is 4.79 Å². The van der Waals surface area contributed by atoms with Crippen LogP contribution in [0.2, 0.25) is 0 Å². The molecule has 1 aliphatic rings. The lowest BCUT2D eigenvalue weighted by Crippen LogP contribution is -2.14. The molecular weight excluding hydrogens is 316 g/mol. The van der Waals surface area contributed by atoms with Gasteiger partial charge in [0.25, 0.3) is 0 Å². The van der Waals surface area contributed by atoms with Gasteiger partial charge in [0, 0.05) is 5.92 Å². The van der Waals surface area contributed by atoms with Crippen LogP contribution in [0.5, 0.6) is 0 Å². The second-order valence-corrected chi connectivity index (χ2v) is 7.92. The number of hydrogen-bond acceptors (Lipinski definition) is 3. The Balaban J connectivity index is 1.64. The highest BCUT2D eigenvalue weighted by atomic mass is 32.1. The lowest BCUT2D eigenvalue weighted by Gasteiger charge is -2.05. The minimum absolute atomic E-state index is 0.107. The Hall–Kier alpha value is -2.20. The zero-order valence-electron chi connectivity index (χ0n) is 14.1. The highest BCUT2D eigenvalue weighted by molar-refractivity contribution is 7.22. The molecule has 1 fully saturated rings. The third-order valence-electron chi connectivity index (χ3n) is 4.62. The molecule has 0 radical (unpaired) electrons. The Morgan fingerprint density at radius 3 is 2.50 bits per heavy atom. The van der Waals surface area contributed by atoms with E-state index in [0.29, 0.717) is 11.0 Å². The Labute approximate surface area is 145 Å². The Morgan fingerprint density at radius 2 is 1.83 bits per heavy atom. The number of carbonyl (C=O) groups is 1. The summed E-state index contributed by atoms with van der Waals surface area (Å²) in [5.74, 6) is 0.787. The van der Waals surface area contributed by atoms with Crippen molar-refractivity contribution in [1.82, 2.24) is 4.98 Å². The van der Waals surface area contributed by atoms with Gasteiger partial charge in [0.15, 0.2) is 5.13 Å². The predicted octanol–water partition coefficient (Wildman–Crippen LogP) is 5.17. The molecule has 2 atom stereocenters. The zero-order valence-corrected chi connectivity index (χ0v) is 14.9. The molecule has 0 spiro atoms. The normalized spacial score (nSPS) is 19.5. The van der Waals surface area contributed by atoms with E-state index >= 15 is 0 Å². The van der Waals surface area contributed by atoms with Crippen molar-refractivity contribution in [3.8, 4) is 11.1 Å². The van der Waals surface area contributed by atoms with E-state index in [4.69, 9.17) is 0 Å². The van der Waals surface area contributed by atoms with Crippen LogP contribution in [-0.2, 0) is 4.79 Å². The minimum Gasteiger partial charge on any atom is -0.302 e. The van der Waals surface area contributed by atoms with Crippen LogP contribution in [0, 0.1) is 25.7 Å². The molecule has 2 unspecified atom stereocenters. The van der Waals surface area contributed by atoms with Crippen LogP contribution < -0.4 is 5.32 Å². The van der Waals surface area contributed by atoms with Crippen LogP contribution in [0.4, 0.5) is 5.13 Å². The van der Waals surface area contributed by atoms with Crippen LogP contribution in [0.1, 0.15) is 24.5 Å². The van der Waals surface area contributed by atoms with Gasteiger partial charge in [-0.1, -0.05) is 53.7 Å². The highest BCUT2D eigenvalue weighted by Crippen LogP contribution is 2.39. The first-order chi connectivity index (χ1) is 11.5. The molecule has 1 amide bonds. The average Bonchev–Trinajstić information content (AvgIpc) is 3.12. The molecule has 24 heavy (non-hydrogen) atoms. The molecule has 0 bridgehead atoms. The molecule has 3 nitrogen and oxygen atoms in total. The summed E-state index contributed by atoms with van der Waals surface area (Å²) in [6, 6.07) is 12.9. The fourth-order valence-corrected chi connectivity index (χ4v) is 4.09. The molecule has 1 saturated carbocycles. The van der Waals surface area contributed by atoms with E-state index in [-0.39, 0.29) is 11.8 Å². The van der Waals surface area contributed by atoms with E-state index in [2.05, 4.69) is 61.4 Å². The Bertz CT molecular complexity index is 924. The number of nitrogens with one attached hydrogen (secondary N) is 1. The first-order valence-electron chi connectivity index (χ1n) is 8.30. The van der Waals surface area contributed by atoms with Crippen molar-refractivity contribution < 1.29 is 4.79 Å². The van der Waals surface area contributed by atoms with Gasteiger partial charge in [-0.15, -0.1) is 0 Å². The van der Waals surface area contributed by atoms with E-state index in [1.807, 2.05) is 6.07 Å². The van der Waals surface area contributed by atoms with Crippen LogP contribution >= 0.6 is 11.3 Å². The van der Waals surface area contributed by atoms with E-state index in [0.717, 1.165) is 16.6 Å². The van der Waals surface area contributed by atoms with Crippen LogP contribution in [0.3, 0.4) is 0 Å². The molecular formula is C20H20N2OS. The smallest absolute Gasteiger partial charge is 0.229 e. The number of carbonyl (C=O) groups excluding carboxylic acids is 1. The van der Waals surface area contributed by atoms with Crippen molar-refractivity contribution in [3.05, 3.63) is 47.5 Å². The largest absolute Gasteiger partial charge is 0.302 e. The van der Waals surface area contributed by atoms with Gasteiger partial charge in [-0.2, -0.15) is 0 Å². The number of thiazole rings is 1. The molecule has 2 aromatic carbocycles. The summed E-state index contributed by atoms with van der Waals surface area (Å²) < 4.78 is 1.10. The van der Waals surface area contributed by atoms with Crippen molar-refractivity contribution in [3.63, 3.8) is 0 Å². The molecule has 4 rings (SSSR count). The molecule has 4 heteroatoms. The molecule has 1 aromatic heterocycles. The van der Waals surface area contributed by atoms with Gasteiger partial charge in [-0.25, -0.2) is 4.98 Å². The van der Waals surface area contributed by atoms with Gasteiger partial charge < -0.3 is 5.32 Å². The van der Waals surface area contributed by atoms with Crippen LogP contribution in [0.25, 0.3) is 21.3 Å². The van der Waals surface area contributed by atoms with E-state index in [1.165, 1.54) is 22.3 Å². The second-order valence-electron chi connectivity index (χ2n) is 6.89. The van der Waals surface area contributed by atoms with Gasteiger partial charge in [0.1, 0.15) is 0 Å². The summed E-state index contributed by atoms with van der Waals surface area (Å²) in [4.78, 5) is 16.6. The van der Waals surface area contributed by atoms with Crippen LogP contribution in [-0.4, -0.2) is 10.9 Å². The summed E-state index contributed by atoms with van der Waals surface area (Å²) in [6.45, 7) is 6.35. The summed E-state index contributed by atoms with van der Waals surface area (Å²) in [5, 5.41) is 3.67. The fourth-order valence-electron chi connectivity index (χ4n) is 3.18. The molecule has 122 valence electrons. The predicted molar refractivity (Wildman–Crippen MR) is 100 cm³/mol. The van der Waals surface area contributed by atoms with Gasteiger partial charge in [0.05, 0.1) is 10.2 Å². The Kier molecular flexibility index (Phi) is 3.65. The molecule has 3 aromatic rings. The number of nitrogens with zero attached hydrogens (tertiary/aromatic N) is 1. The maximum absolute atomic E-state index is 12.1. The van der Waals surface area contributed by atoms with E-state index in [1.54, 1.807) is 11.3 Å². The number of benzene rings is 2. The topological polar surface area (TPSA) is 42.0 Å². The summed E-state index contributed by atoms with van der Waals surface area (Å²) in [7, 11) is 0. The summed E-state index contributed by atoms with van der Waals surface area (Å²) in [5.41, 5.74) is 5.88. The van der Waals surface area contributed by atoms with Crippen molar-refractivity contribution in [2.24, 2.45) is 11.8 Å². The summed E-state index contributed by atoms with van der Waals surface area (Å²) >= 11 is 1.55. The summed E-state index contributed by atoms with van der Waals surface area (Å²) in [6.07, 6.45) is 0.994. The van der Waals surface area contributed by atoms with E-state index in [9.17, 15) is 4.79 Å². The number of hydrogen-bond donors (Lipinski definition) is 1. The standard InChI is InChI=1S/C20H20N2OS/c1-11-6-12(2)8-15(7-11)14-4-5-17-18(10-14)24-20(21-17)22-19(23)16-9-13(16)3/h4-8,10,13,16H,9H2,1-3H3,(H,21,22,23). The number of fused-ring (bicyclic) bond motifs is 1. The Morgan fingerprint density at radius 1 is 1.12 bits per heavy atom. The quantitative estimate of drug-likeness (QED) is 0.716. The highest BCUT2D eigenvalue weighted by Gasteiger charge is 2.39. The van der Waals surface area contributed by atoms with Crippen LogP contribution in [0.15, 0.2) is 36.4 Å². The average molecular weight is 336 g/mol. The number of anilines is 1. The molecule has 1 N–H and O–H groups in total. The molecule has 1 aliphatic carbocycles. The SMILES string of the molecule is Cc1cc(C)cc(-c2ccc3nc(NC(=O)C4CC4C)sc3c2)c1. The fraction of sp³-hybridized carbons (Fsp3) is 0.300. The zero-order chi connectivity index (χ0) is 16.8. The monoisotopic (exact) mass is 336 g/mol. The lowest BCUT2D eigenvalue weighted by molar-refractivity contribution is -0.117. The second kappa shape index (κ2) is 5.71. The maximum atomic E-state index is 12.1. The van der Waals surface area contributed by atoms with Crippen molar-refractivity contribution >= 4 is 32.6 Å². The molecule has 0 saturated heterocycles. The number of rotatable bonds is 3. The van der Waals surface area contributed by atoms with Gasteiger partial charge in [0.2, 0.25) is 5.91 Å². The van der Waals surface area contributed by atoms with Crippen molar-refractivity contribution in [2.75, 3.05) is 5.32 Å².